The highest BCUT2D eigenvalue weighted by molar-refractivity contribution is 9.10. The number of ether oxygens (including phenoxy) is 2. The molecular weight excluding hydrogens is 272 g/mol. The summed E-state index contributed by atoms with van der Waals surface area (Å²) in [6.45, 7) is 4.10. The van der Waals surface area contributed by atoms with E-state index in [-0.39, 0.29) is 12.6 Å². The van der Waals surface area contributed by atoms with E-state index < -0.39 is 4.32 Å². The molecule has 0 saturated heterocycles. The molecule has 0 heterocycles. The molecule has 0 aliphatic rings. The maximum atomic E-state index is 11.4. The molecule has 1 rings (SSSR count). The van der Waals surface area contributed by atoms with Crippen LogP contribution < -0.4 is 4.74 Å². The van der Waals surface area contributed by atoms with Gasteiger partial charge >= 0.3 is 5.97 Å². The molecule has 4 heteroatoms. The summed E-state index contributed by atoms with van der Waals surface area (Å²) in [5, 5.41) is 0. The third-order valence-corrected chi connectivity index (χ3v) is 2.14. The Kier molecular flexibility index (Phi) is 4.80. The average Bonchev–Trinajstić information content (AvgIpc) is 2.24. The SMILES string of the molecule is CC(C)(Br)C(=O)OCCOc1ccccc1. The lowest BCUT2D eigenvalue weighted by Crippen LogP contribution is -2.28. The second-order valence-electron chi connectivity index (χ2n) is 3.77. The minimum atomic E-state index is -0.639. The lowest BCUT2D eigenvalue weighted by atomic mass is 10.2. The second kappa shape index (κ2) is 5.89. The van der Waals surface area contributed by atoms with Crippen LogP contribution in [0.15, 0.2) is 30.3 Å². The van der Waals surface area contributed by atoms with Crippen molar-refractivity contribution in [3.63, 3.8) is 0 Å². The molecule has 0 aromatic heterocycles. The van der Waals surface area contributed by atoms with E-state index in [0.29, 0.717) is 6.61 Å². The van der Waals surface area contributed by atoms with Crippen LogP contribution in [0.5, 0.6) is 5.75 Å². The molecule has 0 amide bonds. The van der Waals surface area contributed by atoms with Crippen molar-refractivity contribution in [2.45, 2.75) is 18.2 Å². The molecule has 0 radical (unpaired) electrons. The van der Waals surface area contributed by atoms with E-state index in [1.165, 1.54) is 0 Å². The molecule has 0 atom stereocenters. The topological polar surface area (TPSA) is 35.5 Å². The number of hydrogen-bond acceptors (Lipinski definition) is 3. The maximum Gasteiger partial charge on any atom is 0.322 e. The van der Waals surface area contributed by atoms with Gasteiger partial charge in [0.25, 0.3) is 0 Å². The summed E-state index contributed by atoms with van der Waals surface area (Å²) < 4.78 is 9.75. The zero-order valence-electron chi connectivity index (χ0n) is 9.40. The molecule has 3 nitrogen and oxygen atoms in total. The van der Waals surface area contributed by atoms with Crippen LogP contribution in [-0.4, -0.2) is 23.5 Å². The van der Waals surface area contributed by atoms with Crippen LogP contribution in [0.3, 0.4) is 0 Å². The summed E-state index contributed by atoms with van der Waals surface area (Å²) in [6.07, 6.45) is 0. The Hall–Kier alpha value is -1.03. The van der Waals surface area contributed by atoms with Gasteiger partial charge in [-0.05, 0) is 26.0 Å². The van der Waals surface area contributed by atoms with Crippen LogP contribution in [0.25, 0.3) is 0 Å². The normalized spacial score (nSPS) is 10.9. The highest BCUT2D eigenvalue weighted by Crippen LogP contribution is 2.17. The molecular formula is C12H15BrO3. The van der Waals surface area contributed by atoms with Crippen molar-refractivity contribution in [3.05, 3.63) is 30.3 Å². The molecule has 16 heavy (non-hydrogen) atoms. The highest BCUT2D eigenvalue weighted by atomic mass is 79.9. The number of para-hydroxylation sites is 1. The Morgan fingerprint density at radius 1 is 1.25 bits per heavy atom. The zero-order chi connectivity index (χ0) is 12.0. The molecule has 0 fully saturated rings. The van der Waals surface area contributed by atoms with Crippen molar-refractivity contribution in [3.8, 4) is 5.75 Å². The molecule has 0 aliphatic heterocycles. The van der Waals surface area contributed by atoms with E-state index in [1.807, 2.05) is 30.3 Å². The molecule has 0 aliphatic carbocycles. The number of alkyl halides is 1. The minimum absolute atomic E-state index is 0.253. The molecule has 0 spiro atoms. The smallest absolute Gasteiger partial charge is 0.322 e. The molecule has 1 aromatic carbocycles. The zero-order valence-corrected chi connectivity index (χ0v) is 11.0. The van der Waals surface area contributed by atoms with Crippen LogP contribution in [-0.2, 0) is 9.53 Å². The first-order chi connectivity index (χ1) is 7.50. The summed E-state index contributed by atoms with van der Waals surface area (Å²) in [4.78, 5) is 11.4. The third kappa shape index (κ3) is 4.66. The van der Waals surface area contributed by atoms with Gasteiger partial charge in [0.2, 0.25) is 0 Å². The average molecular weight is 287 g/mol. The summed E-state index contributed by atoms with van der Waals surface area (Å²) in [7, 11) is 0. The lowest BCUT2D eigenvalue weighted by Gasteiger charge is -2.14. The number of carbonyl (C=O) groups is 1. The van der Waals surface area contributed by atoms with E-state index in [9.17, 15) is 4.79 Å². The van der Waals surface area contributed by atoms with E-state index in [0.717, 1.165) is 5.75 Å². The van der Waals surface area contributed by atoms with Crippen molar-refractivity contribution in [2.24, 2.45) is 0 Å². The predicted octanol–water partition coefficient (Wildman–Crippen LogP) is 2.78. The Bertz CT molecular complexity index is 330. The van der Waals surface area contributed by atoms with Gasteiger partial charge < -0.3 is 9.47 Å². The van der Waals surface area contributed by atoms with Gasteiger partial charge in [-0.15, -0.1) is 0 Å². The summed E-state index contributed by atoms with van der Waals surface area (Å²) in [5.41, 5.74) is 0. The Balaban J connectivity index is 2.20. The van der Waals surface area contributed by atoms with Crippen molar-refractivity contribution in [1.29, 1.82) is 0 Å². The van der Waals surface area contributed by atoms with Crippen LogP contribution in [0.2, 0.25) is 0 Å². The molecule has 0 unspecified atom stereocenters. The van der Waals surface area contributed by atoms with Crippen molar-refractivity contribution >= 4 is 21.9 Å². The quantitative estimate of drug-likeness (QED) is 0.474. The number of carbonyl (C=O) groups excluding carboxylic acids is 1. The first-order valence-corrected chi connectivity index (χ1v) is 5.83. The van der Waals surface area contributed by atoms with Gasteiger partial charge in [-0.3, -0.25) is 4.79 Å². The lowest BCUT2D eigenvalue weighted by molar-refractivity contribution is -0.146. The van der Waals surface area contributed by atoms with E-state index in [4.69, 9.17) is 9.47 Å². The maximum absolute atomic E-state index is 11.4. The van der Waals surface area contributed by atoms with Crippen molar-refractivity contribution in [2.75, 3.05) is 13.2 Å². The summed E-state index contributed by atoms with van der Waals surface area (Å²) in [5.74, 6) is 0.487. The fraction of sp³-hybridized carbons (Fsp3) is 0.417. The standard InChI is InChI=1S/C12H15BrO3/c1-12(2,13)11(14)16-9-8-15-10-6-4-3-5-7-10/h3-7H,8-9H2,1-2H3. The predicted molar refractivity (Wildman–Crippen MR) is 65.9 cm³/mol. The van der Waals surface area contributed by atoms with Crippen LogP contribution >= 0.6 is 15.9 Å². The second-order valence-corrected chi connectivity index (χ2v) is 5.75. The molecule has 0 N–H and O–H groups in total. The Morgan fingerprint density at radius 3 is 2.44 bits per heavy atom. The van der Waals surface area contributed by atoms with E-state index in [2.05, 4.69) is 15.9 Å². The van der Waals surface area contributed by atoms with Crippen LogP contribution in [0.1, 0.15) is 13.8 Å². The largest absolute Gasteiger partial charge is 0.490 e. The minimum Gasteiger partial charge on any atom is -0.490 e. The van der Waals surface area contributed by atoms with Crippen molar-refractivity contribution < 1.29 is 14.3 Å². The van der Waals surface area contributed by atoms with Gasteiger partial charge in [-0.1, -0.05) is 34.1 Å². The van der Waals surface area contributed by atoms with Crippen molar-refractivity contribution in [1.82, 2.24) is 0 Å². The Morgan fingerprint density at radius 2 is 1.88 bits per heavy atom. The first kappa shape index (κ1) is 13.0. The van der Waals surface area contributed by atoms with Gasteiger partial charge in [-0.2, -0.15) is 0 Å². The third-order valence-electron chi connectivity index (χ3n) is 1.81. The first-order valence-electron chi connectivity index (χ1n) is 5.04. The summed E-state index contributed by atoms with van der Waals surface area (Å²) in [6, 6.07) is 9.42. The fourth-order valence-corrected chi connectivity index (χ4v) is 1.10. The van der Waals surface area contributed by atoms with Gasteiger partial charge in [0.15, 0.2) is 0 Å². The summed E-state index contributed by atoms with van der Waals surface area (Å²) >= 11 is 3.23. The van der Waals surface area contributed by atoms with E-state index >= 15 is 0 Å². The number of benzene rings is 1. The highest BCUT2D eigenvalue weighted by Gasteiger charge is 2.25. The molecule has 1 aromatic rings. The van der Waals surface area contributed by atoms with Gasteiger partial charge in [-0.25, -0.2) is 0 Å². The van der Waals surface area contributed by atoms with Crippen LogP contribution in [0, 0.1) is 0 Å². The van der Waals surface area contributed by atoms with Gasteiger partial charge in [0.1, 0.15) is 23.3 Å². The monoisotopic (exact) mass is 286 g/mol. The van der Waals surface area contributed by atoms with Gasteiger partial charge in [0, 0.05) is 0 Å². The Labute approximate surface area is 104 Å². The molecule has 0 bridgehead atoms. The van der Waals surface area contributed by atoms with Crippen LogP contribution in [0.4, 0.5) is 0 Å². The molecule has 0 saturated carbocycles. The fourth-order valence-electron chi connectivity index (χ4n) is 0.982. The van der Waals surface area contributed by atoms with Gasteiger partial charge in [0.05, 0.1) is 0 Å². The molecule has 88 valence electrons. The number of rotatable bonds is 5. The number of hydrogen-bond donors (Lipinski definition) is 0. The number of esters is 1. The number of halogens is 1. The van der Waals surface area contributed by atoms with E-state index in [1.54, 1.807) is 13.8 Å².